The molecule has 0 heterocycles. The monoisotopic (exact) mass is 445 g/mol. The standard InChI is InChI=1S/C21H24BrN3OS/c22-18-12-10-16(11-13-18)15-26-20-9-5-4-6-17(20)14-23-25-21(27)24-19-7-2-1-3-8-19/h4-6,9-14,19H,1-3,7-8,15H2,(H2,24,25,27)/b23-14+. The number of nitrogens with zero attached hydrogens (tertiary/aromatic N) is 1. The fourth-order valence-corrected chi connectivity index (χ4v) is 3.57. The molecule has 1 saturated carbocycles. The van der Waals surface area contributed by atoms with Crippen LogP contribution in [0, 0.1) is 0 Å². The highest BCUT2D eigenvalue weighted by molar-refractivity contribution is 9.10. The summed E-state index contributed by atoms with van der Waals surface area (Å²) in [6.45, 7) is 0.507. The fourth-order valence-electron chi connectivity index (χ4n) is 3.09. The molecular formula is C21H24BrN3OS. The first-order valence-corrected chi connectivity index (χ1v) is 10.5. The van der Waals surface area contributed by atoms with E-state index in [-0.39, 0.29) is 0 Å². The molecule has 0 aromatic heterocycles. The SMILES string of the molecule is S=C(N/N=C/c1ccccc1OCc1ccc(Br)cc1)NC1CCCCC1. The van der Waals surface area contributed by atoms with Crippen molar-refractivity contribution in [3.05, 3.63) is 64.1 Å². The largest absolute Gasteiger partial charge is 0.488 e. The van der Waals surface area contributed by atoms with Gasteiger partial charge in [-0.25, -0.2) is 0 Å². The first-order valence-electron chi connectivity index (χ1n) is 9.26. The molecular weight excluding hydrogens is 422 g/mol. The zero-order valence-electron chi connectivity index (χ0n) is 15.2. The molecule has 0 atom stereocenters. The summed E-state index contributed by atoms with van der Waals surface area (Å²) in [5.41, 5.74) is 4.93. The molecule has 0 radical (unpaired) electrons. The van der Waals surface area contributed by atoms with Crippen LogP contribution in [-0.2, 0) is 6.61 Å². The Hall–Kier alpha value is -1.92. The van der Waals surface area contributed by atoms with E-state index in [1.807, 2.05) is 48.5 Å². The zero-order valence-corrected chi connectivity index (χ0v) is 17.6. The van der Waals surface area contributed by atoms with Crippen LogP contribution in [0.4, 0.5) is 0 Å². The number of rotatable bonds is 6. The third kappa shape index (κ3) is 6.63. The Morgan fingerprint density at radius 3 is 2.63 bits per heavy atom. The molecule has 2 aromatic rings. The summed E-state index contributed by atoms with van der Waals surface area (Å²) >= 11 is 8.78. The van der Waals surface area contributed by atoms with Gasteiger partial charge in [0.25, 0.3) is 0 Å². The van der Waals surface area contributed by atoms with E-state index in [9.17, 15) is 0 Å². The van der Waals surface area contributed by atoms with Gasteiger partial charge in [0.05, 0.1) is 6.21 Å². The molecule has 0 saturated heterocycles. The third-order valence-corrected chi connectivity index (χ3v) is 5.27. The van der Waals surface area contributed by atoms with Gasteiger partial charge in [-0.3, -0.25) is 5.43 Å². The van der Waals surface area contributed by atoms with Gasteiger partial charge in [0.2, 0.25) is 0 Å². The van der Waals surface area contributed by atoms with E-state index >= 15 is 0 Å². The second-order valence-electron chi connectivity index (χ2n) is 6.63. The normalized spacial score (nSPS) is 14.9. The minimum Gasteiger partial charge on any atom is -0.488 e. The number of benzene rings is 2. The first-order chi connectivity index (χ1) is 13.2. The van der Waals surface area contributed by atoms with E-state index in [0.717, 1.165) is 21.3 Å². The highest BCUT2D eigenvalue weighted by Gasteiger charge is 2.13. The van der Waals surface area contributed by atoms with E-state index in [1.165, 1.54) is 32.1 Å². The molecule has 0 unspecified atom stereocenters. The zero-order chi connectivity index (χ0) is 18.9. The summed E-state index contributed by atoms with van der Waals surface area (Å²) in [4.78, 5) is 0. The predicted molar refractivity (Wildman–Crippen MR) is 118 cm³/mol. The highest BCUT2D eigenvalue weighted by Crippen LogP contribution is 2.19. The molecule has 2 aromatic carbocycles. The van der Waals surface area contributed by atoms with Crippen LogP contribution in [0.5, 0.6) is 5.75 Å². The molecule has 0 spiro atoms. The van der Waals surface area contributed by atoms with Crippen LogP contribution in [0.15, 0.2) is 58.1 Å². The molecule has 6 heteroatoms. The van der Waals surface area contributed by atoms with E-state index in [0.29, 0.717) is 17.8 Å². The van der Waals surface area contributed by atoms with Gasteiger partial charge in [0.1, 0.15) is 12.4 Å². The van der Waals surface area contributed by atoms with Crippen molar-refractivity contribution in [3.63, 3.8) is 0 Å². The maximum atomic E-state index is 5.96. The average Bonchev–Trinajstić information content (AvgIpc) is 2.69. The number of nitrogens with one attached hydrogen (secondary N) is 2. The van der Waals surface area contributed by atoms with Gasteiger partial charge in [-0.2, -0.15) is 5.10 Å². The molecule has 0 bridgehead atoms. The molecule has 2 N–H and O–H groups in total. The number of halogens is 1. The van der Waals surface area contributed by atoms with Crippen LogP contribution >= 0.6 is 28.1 Å². The van der Waals surface area contributed by atoms with Crippen molar-refractivity contribution >= 4 is 39.5 Å². The van der Waals surface area contributed by atoms with Crippen molar-refractivity contribution in [1.29, 1.82) is 0 Å². The molecule has 1 aliphatic rings. The summed E-state index contributed by atoms with van der Waals surface area (Å²) in [5.74, 6) is 0.789. The molecule has 0 aliphatic heterocycles. The molecule has 142 valence electrons. The lowest BCUT2D eigenvalue weighted by molar-refractivity contribution is 0.306. The Balaban J connectivity index is 1.52. The minimum absolute atomic E-state index is 0.468. The maximum absolute atomic E-state index is 5.96. The number of hydrogen-bond acceptors (Lipinski definition) is 3. The lowest BCUT2D eigenvalue weighted by Crippen LogP contribution is -2.40. The Morgan fingerprint density at radius 1 is 1.11 bits per heavy atom. The molecule has 0 amide bonds. The van der Waals surface area contributed by atoms with Crippen LogP contribution in [0.2, 0.25) is 0 Å². The molecule has 1 fully saturated rings. The number of para-hydroxylation sites is 1. The summed E-state index contributed by atoms with van der Waals surface area (Å²) in [5, 5.41) is 8.19. The van der Waals surface area contributed by atoms with Gasteiger partial charge in [-0.05, 0) is 54.9 Å². The number of ether oxygens (including phenoxy) is 1. The van der Waals surface area contributed by atoms with Gasteiger partial charge < -0.3 is 10.1 Å². The quantitative estimate of drug-likeness (QED) is 0.366. The highest BCUT2D eigenvalue weighted by atomic mass is 79.9. The lowest BCUT2D eigenvalue weighted by atomic mass is 9.96. The van der Waals surface area contributed by atoms with E-state index < -0.39 is 0 Å². The Morgan fingerprint density at radius 2 is 1.85 bits per heavy atom. The second kappa shape index (κ2) is 10.4. The van der Waals surface area contributed by atoms with Crippen LogP contribution in [0.25, 0.3) is 0 Å². The molecule has 3 rings (SSSR count). The summed E-state index contributed by atoms with van der Waals surface area (Å²) in [7, 11) is 0. The number of thiocarbonyl (C=S) groups is 1. The van der Waals surface area contributed by atoms with Crippen LogP contribution in [0.1, 0.15) is 43.2 Å². The first kappa shape index (κ1) is 19.8. The van der Waals surface area contributed by atoms with Gasteiger partial charge in [-0.1, -0.05) is 59.5 Å². The minimum atomic E-state index is 0.468. The van der Waals surface area contributed by atoms with Gasteiger partial charge in [0.15, 0.2) is 5.11 Å². The average molecular weight is 446 g/mol. The van der Waals surface area contributed by atoms with Gasteiger partial charge >= 0.3 is 0 Å². The topological polar surface area (TPSA) is 45.7 Å². The number of hydrazone groups is 1. The smallest absolute Gasteiger partial charge is 0.187 e. The van der Waals surface area contributed by atoms with Gasteiger partial charge in [0, 0.05) is 16.1 Å². The Bertz CT molecular complexity index is 773. The Labute approximate surface area is 174 Å². The molecule has 1 aliphatic carbocycles. The van der Waals surface area contributed by atoms with Crippen LogP contribution in [0.3, 0.4) is 0 Å². The molecule has 4 nitrogen and oxygen atoms in total. The summed E-state index contributed by atoms with van der Waals surface area (Å²) in [6, 6.07) is 16.4. The van der Waals surface area contributed by atoms with Crippen molar-refractivity contribution in [3.8, 4) is 5.75 Å². The third-order valence-electron chi connectivity index (χ3n) is 4.54. The van der Waals surface area contributed by atoms with Crippen molar-refractivity contribution in [1.82, 2.24) is 10.7 Å². The summed E-state index contributed by atoms with van der Waals surface area (Å²) in [6.07, 6.45) is 7.97. The van der Waals surface area contributed by atoms with Crippen LogP contribution < -0.4 is 15.5 Å². The number of hydrogen-bond donors (Lipinski definition) is 2. The maximum Gasteiger partial charge on any atom is 0.187 e. The van der Waals surface area contributed by atoms with E-state index in [4.69, 9.17) is 17.0 Å². The molecule has 27 heavy (non-hydrogen) atoms. The van der Waals surface area contributed by atoms with Crippen LogP contribution in [-0.4, -0.2) is 17.4 Å². The second-order valence-corrected chi connectivity index (χ2v) is 7.96. The Kier molecular flexibility index (Phi) is 7.66. The summed E-state index contributed by atoms with van der Waals surface area (Å²) < 4.78 is 7.02. The van der Waals surface area contributed by atoms with E-state index in [2.05, 4.69) is 31.8 Å². The van der Waals surface area contributed by atoms with Crippen molar-refractivity contribution in [2.24, 2.45) is 5.10 Å². The van der Waals surface area contributed by atoms with Crippen molar-refractivity contribution < 1.29 is 4.74 Å². The fraction of sp³-hybridized carbons (Fsp3) is 0.333. The van der Waals surface area contributed by atoms with Crippen molar-refractivity contribution in [2.75, 3.05) is 0 Å². The predicted octanol–water partition coefficient (Wildman–Crippen LogP) is 5.16. The van der Waals surface area contributed by atoms with Gasteiger partial charge in [-0.15, -0.1) is 0 Å². The van der Waals surface area contributed by atoms with E-state index in [1.54, 1.807) is 6.21 Å². The lowest BCUT2D eigenvalue weighted by Gasteiger charge is -2.23. The van der Waals surface area contributed by atoms with Crippen molar-refractivity contribution in [2.45, 2.75) is 44.8 Å².